The lowest BCUT2D eigenvalue weighted by atomic mass is 10.1. The summed E-state index contributed by atoms with van der Waals surface area (Å²) in [5.41, 5.74) is 2.21. The van der Waals surface area contributed by atoms with E-state index in [1.807, 2.05) is 37.4 Å². The van der Waals surface area contributed by atoms with E-state index in [4.69, 9.17) is 0 Å². The third-order valence-electron chi connectivity index (χ3n) is 1.87. The van der Waals surface area contributed by atoms with Gasteiger partial charge in [-0.3, -0.25) is 0 Å². The Labute approximate surface area is 77.8 Å². The van der Waals surface area contributed by atoms with Gasteiger partial charge in [0, 0.05) is 5.75 Å². The van der Waals surface area contributed by atoms with Crippen LogP contribution in [0.5, 0.6) is 0 Å². The quantitative estimate of drug-likeness (QED) is 0.774. The number of benzene rings is 1. The molecular formula is C10H14OS. The van der Waals surface area contributed by atoms with Gasteiger partial charge in [0.05, 0.1) is 6.10 Å². The van der Waals surface area contributed by atoms with E-state index in [1.165, 1.54) is 5.56 Å². The number of hydrogen-bond acceptors (Lipinski definition) is 2. The fraction of sp³-hybridized carbons (Fsp3) is 0.400. The SMILES string of the molecule is CSCC(O)c1ccccc1C. The molecule has 0 aliphatic carbocycles. The van der Waals surface area contributed by atoms with Crippen molar-refractivity contribution in [3.8, 4) is 0 Å². The Balaban J connectivity index is 2.79. The highest BCUT2D eigenvalue weighted by Gasteiger charge is 2.07. The summed E-state index contributed by atoms with van der Waals surface area (Å²) in [6.07, 6.45) is 1.68. The second-order valence-corrected chi connectivity index (χ2v) is 3.74. The Morgan fingerprint density at radius 3 is 2.67 bits per heavy atom. The van der Waals surface area contributed by atoms with Crippen LogP contribution in [0.25, 0.3) is 0 Å². The Hall–Kier alpha value is -0.470. The third-order valence-corrected chi connectivity index (χ3v) is 2.52. The van der Waals surface area contributed by atoms with Crippen molar-refractivity contribution in [3.05, 3.63) is 35.4 Å². The van der Waals surface area contributed by atoms with Gasteiger partial charge in [0.25, 0.3) is 0 Å². The highest BCUT2D eigenvalue weighted by atomic mass is 32.2. The average Bonchev–Trinajstić information content (AvgIpc) is 2.05. The molecule has 0 saturated heterocycles. The predicted molar refractivity (Wildman–Crippen MR) is 54.5 cm³/mol. The Morgan fingerprint density at radius 1 is 1.42 bits per heavy atom. The molecule has 0 heterocycles. The fourth-order valence-corrected chi connectivity index (χ4v) is 1.70. The third kappa shape index (κ3) is 2.26. The molecule has 1 aromatic carbocycles. The summed E-state index contributed by atoms with van der Waals surface area (Å²) in [7, 11) is 0. The molecule has 0 spiro atoms. The number of rotatable bonds is 3. The first-order valence-corrected chi connectivity index (χ1v) is 5.37. The van der Waals surface area contributed by atoms with E-state index >= 15 is 0 Å². The molecule has 1 aromatic rings. The zero-order chi connectivity index (χ0) is 8.97. The zero-order valence-corrected chi connectivity index (χ0v) is 8.27. The molecule has 0 radical (unpaired) electrons. The van der Waals surface area contributed by atoms with Crippen LogP contribution in [0.3, 0.4) is 0 Å². The summed E-state index contributed by atoms with van der Waals surface area (Å²) in [4.78, 5) is 0. The van der Waals surface area contributed by atoms with E-state index in [2.05, 4.69) is 0 Å². The van der Waals surface area contributed by atoms with Crippen LogP contribution in [0.15, 0.2) is 24.3 Å². The van der Waals surface area contributed by atoms with Crippen molar-refractivity contribution in [3.63, 3.8) is 0 Å². The van der Waals surface area contributed by atoms with E-state index in [0.29, 0.717) is 0 Å². The molecule has 12 heavy (non-hydrogen) atoms. The summed E-state index contributed by atoms with van der Waals surface area (Å²) in [5, 5.41) is 9.68. The van der Waals surface area contributed by atoms with Gasteiger partial charge in [0.2, 0.25) is 0 Å². The summed E-state index contributed by atoms with van der Waals surface area (Å²) in [6, 6.07) is 7.96. The van der Waals surface area contributed by atoms with Gasteiger partial charge < -0.3 is 5.11 Å². The van der Waals surface area contributed by atoms with Crippen LogP contribution in [0.4, 0.5) is 0 Å². The fourth-order valence-electron chi connectivity index (χ4n) is 1.21. The number of thioether (sulfide) groups is 1. The standard InChI is InChI=1S/C10H14OS/c1-8-5-3-4-6-9(8)10(11)7-12-2/h3-6,10-11H,7H2,1-2H3. The smallest absolute Gasteiger partial charge is 0.0882 e. The molecule has 0 aliphatic heterocycles. The number of hydrogen-bond donors (Lipinski definition) is 1. The Kier molecular flexibility index (Phi) is 3.63. The first kappa shape index (κ1) is 9.62. The highest BCUT2D eigenvalue weighted by Crippen LogP contribution is 2.19. The van der Waals surface area contributed by atoms with Crippen LogP contribution in [0.1, 0.15) is 17.2 Å². The lowest BCUT2D eigenvalue weighted by Gasteiger charge is -2.11. The molecule has 66 valence electrons. The predicted octanol–water partition coefficient (Wildman–Crippen LogP) is 2.39. The highest BCUT2D eigenvalue weighted by molar-refractivity contribution is 7.98. The van der Waals surface area contributed by atoms with Gasteiger partial charge in [-0.15, -0.1) is 0 Å². The van der Waals surface area contributed by atoms with Crippen LogP contribution >= 0.6 is 11.8 Å². The molecular weight excluding hydrogens is 168 g/mol. The maximum atomic E-state index is 9.68. The van der Waals surface area contributed by atoms with E-state index in [9.17, 15) is 5.11 Å². The van der Waals surface area contributed by atoms with E-state index < -0.39 is 0 Å². The summed E-state index contributed by atoms with van der Waals surface area (Å²) >= 11 is 1.66. The van der Waals surface area contributed by atoms with E-state index in [1.54, 1.807) is 11.8 Å². The maximum Gasteiger partial charge on any atom is 0.0882 e. The topological polar surface area (TPSA) is 20.2 Å². The lowest BCUT2D eigenvalue weighted by molar-refractivity contribution is 0.203. The minimum Gasteiger partial charge on any atom is -0.388 e. The van der Waals surface area contributed by atoms with E-state index in [-0.39, 0.29) is 6.10 Å². The molecule has 1 N–H and O–H groups in total. The van der Waals surface area contributed by atoms with Gasteiger partial charge in [-0.1, -0.05) is 24.3 Å². The van der Waals surface area contributed by atoms with Gasteiger partial charge in [0.1, 0.15) is 0 Å². The van der Waals surface area contributed by atoms with Crippen molar-refractivity contribution in [2.45, 2.75) is 13.0 Å². The van der Waals surface area contributed by atoms with Crippen LogP contribution in [0.2, 0.25) is 0 Å². The molecule has 1 atom stereocenters. The summed E-state index contributed by atoms with van der Waals surface area (Å²) in [5.74, 6) is 0.769. The van der Waals surface area contributed by atoms with Crippen molar-refractivity contribution in [1.29, 1.82) is 0 Å². The van der Waals surface area contributed by atoms with Gasteiger partial charge in [0.15, 0.2) is 0 Å². The molecule has 1 nitrogen and oxygen atoms in total. The number of aryl methyl sites for hydroxylation is 1. The average molecular weight is 182 g/mol. The maximum absolute atomic E-state index is 9.68. The van der Waals surface area contributed by atoms with Crippen molar-refractivity contribution >= 4 is 11.8 Å². The van der Waals surface area contributed by atoms with Gasteiger partial charge in [-0.05, 0) is 24.3 Å². The van der Waals surface area contributed by atoms with Crippen molar-refractivity contribution in [2.75, 3.05) is 12.0 Å². The second-order valence-electron chi connectivity index (χ2n) is 2.83. The second kappa shape index (κ2) is 4.53. The normalized spacial score (nSPS) is 12.9. The van der Waals surface area contributed by atoms with E-state index in [0.717, 1.165) is 11.3 Å². The number of aliphatic hydroxyl groups excluding tert-OH is 1. The number of aliphatic hydroxyl groups is 1. The molecule has 0 bridgehead atoms. The minimum atomic E-state index is -0.318. The van der Waals surface area contributed by atoms with Gasteiger partial charge in [-0.2, -0.15) is 11.8 Å². The molecule has 0 aliphatic rings. The zero-order valence-electron chi connectivity index (χ0n) is 7.45. The molecule has 0 saturated carbocycles. The minimum absolute atomic E-state index is 0.318. The van der Waals surface area contributed by atoms with Gasteiger partial charge >= 0.3 is 0 Å². The molecule has 0 amide bonds. The molecule has 1 unspecified atom stereocenters. The van der Waals surface area contributed by atoms with Crippen LogP contribution in [-0.2, 0) is 0 Å². The molecule has 0 aromatic heterocycles. The molecule has 0 fully saturated rings. The van der Waals surface area contributed by atoms with Crippen molar-refractivity contribution in [2.24, 2.45) is 0 Å². The van der Waals surface area contributed by atoms with Gasteiger partial charge in [-0.25, -0.2) is 0 Å². The van der Waals surface area contributed by atoms with Crippen LogP contribution in [-0.4, -0.2) is 17.1 Å². The summed E-state index contributed by atoms with van der Waals surface area (Å²) in [6.45, 7) is 2.03. The first-order valence-electron chi connectivity index (χ1n) is 3.98. The lowest BCUT2D eigenvalue weighted by Crippen LogP contribution is -2.01. The Morgan fingerprint density at radius 2 is 2.08 bits per heavy atom. The van der Waals surface area contributed by atoms with Crippen LogP contribution < -0.4 is 0 Å². The van der Waals surface area contributed by atoms with Crippen molar-refractivity contribution < 1.29 is 5.11 Å². The van der Waals surface area contributed by atoms with Crippen LogP contribution in [0, 0.1) is 6.92 Å². The molecule has 1 rings (SSSR count). The largest absolute Gasteiger partial charge is 0.388 e. The first-order chi connectivity index (χ1) is 5.75. The molecule has 2 heteroatoms. The Bertz CT molecular complexity index is 247. The monoisotopic (exact) mass is 182 g/mol. The van der Waals surface area contributed by atoms with Crippen molar-refractivity contribution in [1.82, 2.24) is 0 Å². The summed E-state index contributed by atoms with van der Waals surface area (Å²) < 4.78 is 0.